The highest BCUT2D eigenvalue weighted by Crippen LogP contribution is 2.28. The number of halogens is 2. The minimum atomic E-state index is 0.523. The molecule has 0 radical (unpaired) electrons. The fraction of sp³-hybridized carbons (Fsp3) is 0.615. The van der Waals surface area contributed by atoms with Gasteiger partial charge in [-0.05, 0) is 40.8 Å². The second-order valence-corrected chi connectivity index (χ2v) is 5.82. The molecule has 1 aliphatic rings. The maximum atomic E-state index is 6.01. The lowest BCUT2D eigenvalue weighted by Gasteiger charge is -2.34. The van der Waals surface area contributed by atoms with Crippen LogP contribution in [0.1, 0.15) is 31.7 Å². The van der Waals surface area contributed by atoms with Crippen LogP contribution in [0.15, 0.2) is 16.7 Å². The number of nitrogens with zero attached hydrogens (tertiary/aromatic N) is 2. The van der Waals surface area contributed by atoms with Crippen LogP contribution < -0.4 is 4.90 Å². The van der Waals surface area contributed by atoms with Crippen LogP contribution in [0.3, 0.4) is 0 Å². The van der Waals surface area contributed by atoms with Crippen molar-refractivity contribution in [3.63, 3.8) is 0 Å². The number of anilines is 1. The summed E-state index contributed by atoms with van der Waals surface area (Å²) in [6.45, 7) is 4.50. The summed E-state index contributed by atoms with van der Waals surface area (Å²) >= 11 is 9.45. The molecule has 1 aromatic rings. The summed E-state index contributed by atoms with van der Waals surface area (Å²) in [6.07, 6.45) is 5.72. The minimum absolute atomic E-state index is 0.523. The van der Waals surface area contributed by atoms with Crippen molar-refractivity contribution in [2.45, 2.75) is 32.1 Å². The summed E-state index contributed by atoms with van der Waals surface area (Å²) < 4.78 is 1.00. The molecule has 1 unspecified atom stereocenters. The van der Waals surface area contributed by atoms with Crippen LogP contribution >= 0.6 is 27.5 Å². The van der Waals surface area contributed by atoms with Crippen LogP contribution in [0.4, 0.5) is 5.82 Å². The maximum absolute atomic E-state index is 6.01. The second kappa shape index (κ2) is 6.05. The van der Waals surface area contributed by atoms with Gasteiger partial charge in [0.25, 0.3) is 0 Å². The number of aromatic nitrogens is 1. The van der Waals surface area contributed by atoms with Gasteiger partial charge in [-0.15, -0.1) is 11.6 Å². The third-order valence-electron chi connectivity index (χ3n) is 3.45. The SMILES string of the molecule is CCC1CCCN(c2ncc(Br)cc2CCl)C1. The first-order valence-corrected chi connectivity index (χ1v) is 7.52. The normalized spacial score (nSPS) is 20.6. The minimum Gasteiger partial charge on any atom is -0.356 e. The third kappa shape index (κ3) is 3.14. The fourth-order valence-electron chi connectivity index (χ4n) is 2.45. The Morgan fingerprint density at radius 3 is 3.12 bits per heavy atom. The molecule has 94 valence electrons. The van der Waals surface area contributed by atoms with Crippen LogP contribution in [0.2, 0.25) is 0 Å². The van der Waals surface area contributed by atoms with Gasteiger partial charge in [-0.1, -0.05) is 13.3 Å². The van der Waals surface area contributed by atoms with Crippen LogP contribution in [0.5, 0.6) is 0 Å². The van der Waals surface area contributed by atoms with E-state index in [1.54, 1.807) is 0 Å². The largest absolute Gasteiger partial charge is 0.356 e. The van der Waals surface area contributed by atoms with E-state index in [1.165, 1.54) is 19.3 Å². The summed E-state index contributed by atoms with van der Waals surface area (Å²) in [7, 11) is 0. The van der Waals surface area contributed by atoms with Gasteiger partial charge in [0.2, 0.25) is 0 Å². The van der Waals surface area contributed by atoms with Gasteiger partial charge in [-0.2, -0.15) is 0 Å². The van der Waals surface area contributed by atoms with Crippen LogP contribution in [0, 0.1) is 5.92 Å². The molecule has 0 N–H and O–H groups in total. The lowest BCUT2D eigenvalue weighted by molar-refractivity contribution is 0.402. The Morgan fingerprint density at radius 2 is 2.41 bits per heavy atom. The maximum Gasteiger partial charge on any atom is 0.133 e. The van der Waals surface area contributed by atoms with E-state index >= 15 is 0 Å². The van der Waals surface area contributed by atoms with Gasteiger partial charge in [0.1, 0.15) is 5.82 Å². The predicted molar refractivity (Wildman–Crippen MR) is 76.7 cm³/mol. The van der Waals surface area contributed by atoms with E-state index < -0.39 is 0 Å². The summed E-state index contributed by atoms with van der Waals surface area (Å²) in [5, 5.41) is 0. The molecule has 1 aliphatic heterocycles. The smallest absolute Gasteiger partial charge is 0.133 e. The molecular formula is C13H18BrClN2. The van der Waals surface area contributed by atoms with Crippen molar-refractivity contribution in [2.75, 3.05) is 18.0 Å². The molecule has 1 atom stereocenters. The zero-order valence-electron chi connectivity index (χ0n) is 10.1. The van der Waals surface area contributed by atoms with Gasteiger partial charge in [0.05, 0.1) is 5.88 Å². The molecule has 1 aromatic heterocycles. The van der Waals surface area contributed by atoms with Crippen LogP contribution in [0.25, 0.3) is 0 Å². The molecule has 0 aromatic carbocycles. The van der Waals surface area contributed by atoms with E-state index in [0.717, 1.165) is 34.9 Å². The third-order valence-corrected chi connectivity index (χ3v) is 4.17. The molecule has 0 aliphatic carbocycles. The van der Waals surface area contributed by atoms with Crippen molar-refractivity contribution in [1.29, 1.82) is 0 Å². The molecule has 0 bridgehead atoms. The van der Waals surface area contributed by atoms with E-state index in [2.05, 4.69) is 38.8 Å². The zero-order valence-corrected chi connectivity index (χ0v) is 12.5. The van der Waals surface area contributed by atoms with E-state index in [4.69, 9.17) is 11.6 Å². The first kappa shape index (κ1) is 13.2. The molecule has 2 nitrogen and oxygen atoms in total. The quantitative estimate of drug-likeness (QED) is 0.776. The molecule has 1 fully saturated rings. The predicted octanol–water partition coefficient (Wildman–Crippen LogP) is 4.21. The Kier molecular flexibility index (Phi) is 4.69. The Labute approximate surface area is 116 Å². The van der Waals surface area contributed by atoms with Crippen molar-refractivity contribution in [3.05, 3.63) is 22.3 Å². The molecule has 4 heteroatoms. The van der Waals surface area contributed by atoms with E-state index in [0.29, 0.717) is 5.88 Å². The number of piperidine rings is 1. The Hall–Kier alpha value is -0.280. The lowest BCUT2D eigenvalue weighted by Crippen LogP contribution is -2.36. The lowest BCUT2D eigenvalue weighted by atomic mass is 9.95. The number of rotatable bonds is 3. The molecule has 1 saturated heterocycles. The summed E-state index contributed by atoms with van der Waals surface area (Å²) in [4.78, 5) is 6.93. The van der Waals surface area contributed by atoms with Gasteiger partial charge in [-0.3, -0.25) is 0 Å². The molecule has 2 heterocycles. The Bertz CT molecular complexity index is 384. The highest BCUT2D eigenvalue weighted by Gasteiger charge is 2.21. The number of hydrogen-bond acceptors (Lipinski definition) is 2. The van der Waals surface area contributed by atoms with Gasteiger partial charge in [-0.25, -0.2) is 4.98 Å². The standard InChI is InChI=1S/C13H18BrClN2/c1-2-10-4-3-5-17(9-10)13-11(7-15)6-12(14)8-16-13/h6,8,10H,2-5,7,9H2,1H3. The molecular weight excluding hydrogens is 300 g/mol. The summed E-state index contributed by atoms with van der Waals surface area (Å²) in [6, 6.07) is 2.07. The van der Waals surface area contributed by atoms with Crippen molar-refractivity contribution in [1.82, 2.24) is 4.98 Å². The first-order chi connectivity index (χ1) is 8.24. The average molecular weight is 318 g/mol. The first-order valence-electron chi connectivity index (χ1n) is 6.20. The average Bonchev–Trinajstić information content (AvgIpc) is 2.38. The van der Waals surface area contributed by atoms with Crippen molar-refractivity contribution in [2.24, 2.45) is 5.92 Å². The number of pyridine rings is 1. The van der Waals surface area contributed by atoms with Gasteiger partial charge < -0.3 is 4.90 Å². The molecule has 17 heavy (non-hydrogen) atoms. The zero-order chi connectivity index (χ0) is 12.3. The Balaban J connectivity index is 2.20. The molecule has 0 saturated carbocycles. The second-order valence-electron chi connectivity index (χ2n) is 4.63. The van der Waals surface area contributed by atoms with Gasteiger partial charge >= 0.3 is 0 Å². The van der Waals surface area contributed by atoms with Crippen molar-refractivity contribution in [3.8, 4) is 0 Å². The Morgan fingerprint density at radius 1 is 1.59 bits per heavy atom. The summed E-state index contributed by atoms with van der Waals surface area (Å²) in [5.41, 5.74) is 1.12. The molecule has 0 spiro atoms. The van der Waals surface area contributed by atoms with Gasteiger partial charge in [0, 0.05) is 29.3 Å². The van der Waals surface area contributed by atoms with Crippen LogP contribution in [-0.4, -0.2) is 18.1 Å². The molecule has 0 amide bonds. The monoisotopic (exact) mass is 316 g/mol. The highest BCUT2D eigenvalue weighted by atomic mass is 79.9. The number of alkyl halides is 1. The van der Waals surface area contributed by atoms with Crippen molar-refractivity contribution >= 4 is 33.3 Å². The van der Waals surface area contributed by atoms with E-state index in [9.17, 15) is 0 Å². The van der Waals surface area contributed by atoms with E-state index in [1.807, 2.05) is 6.20 Å². The summed E-state index contributed by atoms with van der Waals surface area (Å²) in [5.74, 6) is 2.40. The molecule has 2 rings (SSSR count). The van der Waals surface area contributed by atoms with Crippen LogP contribution in [-0.2, 0) is 5.88 Å². The van der Waals surface area contributed by atoms with Crippen molar-refractivity contribution < 1.29 is 0 Å². The van der Waals surface area contributed by atoms with E-state index in [-0.39, 0.29) is 0 Å². The topological polar surface area (TPSA) is 16.1 Å². The number of hydrogen-bond donors (Lipinski definition) is 0. The van der Waals surface area contributed by atoms with Gasteiger partial charge in [0.15, 0.2) is 0 Å². The fourth-order valence-corrected chi connectivity index (χ4v) is 3.02. The highest BCUT2D eigenvalue weighted by molar-refractivity contribution is 9.10.